The van der Waals surface area contributed by atoms with Gasteiger partial charge in [0.2, 0.25) is 0 Å². The molecule has 0 aliphatic carbocycles. The monoisotopic (exact) mass is 283 g/mol. The second kappa shape index (κ2) is 8.31. The van der Waals surface area contributed by atoms with E-state index in [-0.39, 0.29) is 19.0 Å². The van der Waals surface area contributed by atoms with Crippen LogP contribution in [0.4, 0.5) is 0 Å². The van der Waals surface area contributed by atoms with E-state index < -0.39 is 11.9 Å². The Kier molecular flexibility index (Phi) is 6.72. The summed E-state index contributed by atoms with van der Waals surface area (Å²) in [6.45, 7) is -0.118. The number of rotatable bonds is 10. The van der Waals surface area contributed by atoms with E-state index in [4.69, 9.17) is 10.2 Å². The van der Waals surface area contributed by atoms with Crippen LogP contribution in [0, 0.1) is 0 Å². The van der Waals surface area contributed by atoms with Gasteiger partial charge in [-0.05, 0) is 12.8 Å². The van der Waals surface area contributed by atoms with Crippen molar-refractivity contribution in [2.24, 2.45) is 7.05 Å². The van der Waals surface area contributed by atoms with E-state index in [0.29, 0.717) is 6.42 Å². The summed E-state index contributed by atoms with van der Waals surface area (Å²) < 4.78 is 1.86. The molecule has 1 unspecified atom stereocenters. The minimum atomic E-state index is -0.907. The van der Waals surface area contributed by atoms with Gasteiger partial charge in [0.25, 0.3) is 0 Å². The molecule has 112 valence electrons. The van der Waals surface area contributed by atoms with Crippen molar-refractivity contribution < 1.29 is 19.8 Å². The lowest BCUT2D eigenvalue weighted by Crippen LogP contribution is -2.29. The quantitative estimate of drug-likeness (QED) is 0.557. The number of nitrogens with one attached hydrogen (secondary N) is 1. The van der Waals surface area contributed by atoms with Crippen molar-refractivity contribution in [2.45, 2.75) is 38.1 Å². The lowest BCUT2D eigenvalue weighted by atomic mass is 10.1. The van der Waals surface area contributed by atoms with Gasteiger partial charge in [0, 0.05) is 25.9 Å². The van der Waals surface area contributed by atoms with Crippen LogP contribution < -0.4 is 5.32 Å². The fraction of sp³-hybridized carbons (Fsp3) is 0.615. The van der Waals surface area contributed by atoms with E-state index in [2.05, 4.69) is 10.3 Å². The van der Waals surface area contributed by atoms with E-state index in [9.17, 15) is 9.59 Å². The zero-order valence-electron chi connectivity index (χ0n) is 11.6. The van der Waals surface area contributed by atoms with Crippen LogP contribution in [0.2, 0.25) is 0 Å². The van der Waals surface area contributed by atoms with Gasteiger partial charge in [-0.1, -0.05) is 12.8 Å². The normalized spacial score (nSPS) is 12.2. The van der Waals surface area contributed by atoms with Gasteiger partial charge in [0.15, 0.2) is 0 Å². The number of aromatic nitrogens is 2. The molecular weight excluding hydrogens is 262 g/mol. The molecule has 0 amide bonds. The Labute approximate surface area is 117 Å². The average molecular weight is 283 g/mol. The first-order valence-electron chi connectivity index (χ1n) is 6.65. The number of imidazole rings is 1. The van der Waals surface area contributed by atoms with Crippen molar-refractivity contribution in [1.29, 1.82) is 0 Å². The number of aryl methyl sites for hydroxylation is 1. The van der Waals surface area contributed by atoms with Crippen LogP contribution in [0.3, 0.4) is 0 Å². The molecule has 1 rings (SSSR count). The second-order valence-corrected chi connectivity index (χ2v) is 4.72. The predicted molar refractivity (Wildman–Crippen MR) is 72.3 cm³/mol. The van der Waals surface area contributed by atoms with Gasteiger partial charge in [-0.3, -0.25) is 14.9 Å². The minimum Gasteiger partial charge on any atom is -0.481 e. The number of hydrogen-bond acceptors (Lipinski definition) is 4. The topological polar surface area (TPSA) is 104 Å². The van der Waals surface area contributed by atoms with Crippen LogP contribution in [0.25, 0.3) is 0 Å². The van der Waals surface area contributed by atoms with Gasteiger partial charge < -0.3 is 14.8 Å². The van der Waals surface area contributed by atoms with E-state index in [1.807, 2.05) is 17.8 Å². The third-order valence-corrected chi connectivity index (χ3v) is 3.05. The molecule has 1 heterocycles. The minimum absolute atomic E-state index is 0.118. The number of hydrogen-bond donors (Lipinski definition) is 3. The maximum absolute atomic E-state index is 10.7. The molecule has 0 aliphatic rings. The molecule has 1 aromatic rings. The molecule has 7 heteroatoms. The van der Waals surface area contributed by atoms with Crippen molar-refractivity contribution in [1.82, 2.24) is 14.9 Å². The van der Waals surface area contributed by atoms with E-state index in [1.165, 1.54) is 0 Å². The zero-order chi connectivity index (χ0) is 15.0. The van der Waals surface area contributed by atoms with Gasteiger partial charge in [0.1, 0.15) is 5.82 Å². The summed E-state index contributed by atoms with van der Waals surface area (Å²) in [4.78, 5) is 25.3. The van der Waals surface area contributed by atoms with Gasteiger partial charge in [-0.25, -0.2) is 4.98 Å². The third kappa shape index (κ3) is 5.83. The molecule has 0 saturated heterocycles. The molecule has 3 N–H and O–H groups in total. The van der Waals surface area contributed by atoms with Gasteiger partial charge in [-0.2, -0.15) is 0 Å². The van der Waals surface area contributed by atoms with Crippen molar-refractivity contribution in [3.63, 3.8) is 0 Å². The van der Waals surface area contributed by atoms with Gasteiger partial charge in [-0.15, -0.1) is 0 Å². The fourth-order valence-corrected chi connectivity index (χ4v) is 2.05. The molecule has 7 nitrogen and oxygen atoms in total. The van der Waals surface area contributed by atoms with Crippen LogP contribution >= 0.6 is 0 Å². The number of carbonyl (C=O) groups is 2. The van der Waals surface area contributed by atoms with Crippen molar-refractivity contribution in [3.05, 3.63) is 18.2 Å². The largest absolute Gasteiger partial charge is 0.481 e. The summed E-state index contributed by atoms with van der Waals surface area (Å²) in [6.07, 6.45) is 6.68. The van der Waals surface area contributed by atoms with Crippen LogP contribution in [-0.2, 0) is 16.6 Å². The maximum atomic E-state index is 10.7. The van der Waals surface area contributed by atoms with Gasteiger partial charge in [0.05, 0.1) is 12.6 Å². The first-order valence-corrected chi connectivity index (χ1v) is 6.65. The lowest BCUT2D eigenvalue weighted by Gasteiger charge is -2.17. The van der Waals surface area contributed by atoms with Crippen LogP contribution in [0.5, 0.6) is 0 Å². The molecule has 1 atom stereocenters. The molecule has 0 radical (unpaired) electrons. The van der Waals surface area contributed by atoms with Crippen molar-refractivity contribution in [2.75, 3.05) is 6.54 Å². The van der Waals surface area contributed by atoms with Crippen LogP contribution in [0.1, 0.15) is 44.0 Å². The van der Waals surface area contributed by atoms with Gasteiger partial charge >= 0.3 is 11.9 Å². The smallest absolute Gasteiger partial charge is 0.317 e. The highest BCUT2D eigenvalue weighted by molar-refractivity contribution is 5.69. The Balaban J connectivity index is 2.45. The summed E-state index contributed by atoms with van der Waals surface area (Å²) >= 11 is 0. The standard InChI is InChI=1S/C13H21N3O4/c1-16-8-7-14-13(16)10(15-9-12(19)20)5-3-2-4-6-11(17)18/h7-8,10,15H,2-6,9H2,1H3,(H,17,18)(H,19,20). The Hall–Kier alpha value is -1.89. The molecule has 0 spiro atoms. The predicted octanol–water partition coefficient (Wildman–Crippen LogP) is 1.17. The molecule has 0 bridgehead atoms. The number of carboxylic acid groups (broad SMARTS) is 2. The van der Waals surface area contributed by atoms with E-state index in [1.54, 1.807) is 6.20 Å². The number of nitrogens with zero attached hydrogens (tertiary/aromatic N) is 2. The Morgan fingerprint density at radius 2 is 2.05 bits per heavy atom. The highest BCUT2D eigenvalue weighted by Crippen LogP contribution is 2.18. The molecule has 0 aromatic carbocycles. The highest BCUT2D eigenvalue weighted by atomic mass is 16.4. The summed E-state index contributed by atoms with van der Waals surface area (Å²) in [6, 6.07) is -0.129. The first kappa shape index (κ1) is 16.2. The van der Waals surface area contributed by atoms with Crippen molar-refractivity contribution >= 4 is 11.9 Å². The number of aliphatic carboxylic acids is 2. The molecule has 20 heavy (non-hydrogen) atoms. The molecular formula is C13H21N3O4. The van der Waals surface area contributed by atoms with E-state index in [0.717, 1.165) is 25.1 Å². The molecule has 0 fully saturated rings. The molecule has 1 aromatic heterocycles. The Morgan fingerprint density at radius 1 is 1.30 bits per heavy atom. The second-order valence-electron chi connectivity index (χ2n) is 4.72. The fourth-order valence-electron chi connectivity index (χ4n) is 2.05. The third-order valence-electron chi connectivity index (χ3n) is 3.05. The number of unbranched alkanes of at least 4 members (excludes halogenated alkanes) is 2. The van der Waals surface area contributed by atoms with Crippen LogP contribution in [0.15, 0.2) is 12.4 Å². The summed E-state index contributed by atoms with van der Waals surface area (Å²) in [5.74, 6) is -0.894. The van der Waals surface area contributed by atoms with E-state index >= 15 is 0 Å². The summed E-state index contributed by atoms with van der Waals surface area (Å²) in [5, 5.41) is 20.3. The first-order chi connectivity index (χ1) is 9.50. The zero-order valence-corrected chi connectivity index (χ0v) is 11.6. The summed E-state index contributed by atoms with van der Waals surface area (Å²) in [5.41, 5.74) is 0. The SMILES string of the molecule is Cn1ccnc1C(CCCCCC(=O)O)NCC(=O)O. The Morgan fingerprint density at radius 3 is 2.60 bits per heavy atom. The summed E-state index contributed by atoms with van der Waals surface area (Å²) in [7, 11) is 1.86. The van der Waals surface area contributed by atoms with Crippen molar-refractivity contribution in [3.8, 4) is 0 Å². The Bertz CT molecular complexity index is 445. The highest BCUT2D eigenvalue weighted by Gasteiger charge is 2.16. The van der Waals surface area contributed by atoms with Crippen LogP contribution in [-0.4, -0.2) is 38.2 Å². The molecule has 0 aliphatic heterocycles. The number of carboxylic acids is 2. The lowest BCUT2D eigenvalue weighted by molar-refractivity contribution is -0.137. The average Bonchev–Trinajstić information content (AvgIpc) is 2.78. The molecule has 0 saturated carbocycles. The maximum Gasteiger partial charge on any atom is 0.317 e.